The first-order chi connectivity index (χ1) is 5.74. The van der Waals surface area contributed by atoms with Gasteiger partial charge in [0.2, 0.25) is 0 Å². The van der Waals surface area contributed by atoms with Crippen molar-refractivity contribution in [2.24, 2.45) is 0 Å². The second kappa shape index (κ2) is 4.33. The Bertz CT molecular complexity index is 261. The largest absolute Gasteiger partial charge is 0.508 e. The highest BCUT2D eigenvalue weighted by molar-refractivity contribution is 6.31. The number of halogens is 1. The molecule has 1 aromatic carbocycles. The van der Waals surface area contributed by atoms with E-state index in [0.29, 0.717) is 11.4 Å². The highest BCUT2D eigenvalue weighted by atomic mass is 35.5. The van der Waals surface area contributed by atoms with E-state index < -0.39 is 0 Å². The summed E-state index contributed by atoms with van der Waals surface area (Å²) < 4.78 is 0. The molecule has 0 aliphatic carbocycles. The molecule has 0 amide bonds. The number of hydrogen-bond donors (Lipinski definition) is 2. The van der Waals surface area contributed by atoms with Crippen molar-refractivity contribution in [1.82, 2.24) is 0 Å². The number of rotatable bonds is 3. The topological polar surface area (TPSA) is 40.5 Å². The molecule has 0 aromatic heterocycles. The van der Waals surface area contributed by atoms with Crippen LogP contribution in [0.3, 0.4) is 0 Å². The van der Waals surface area contributed by atoms with Gasteiger partial charge in [-0.2, -0.15) is 0 Å². The molecule has 12 heavy (non-hydrogen) atoms. The van der Waals surface area contributed by atoms with Crippen LogP contribution in [-0.2, 0) is 6.42 Å². The first kappa shape index (κ1) is 9.36. The van der Waals surface area contributed by atoms with E-state index in [0.717, 1.165) is 12.0 Å². The van der Waals surface area contributed by atoms with Crippen molar-refractivity contribution in [3.63, 3.8) is 0 Å². The summed E-state index contributed by atoms with van der Waals surface area (Å²) in [4.78, 5) is 0. The number of phenols is 1. The second-order valence-corrected chi connectivity index (χ2v) is 3.01. The number of benzene rings is 1. The zero-order valence-electron chi connectivity index (χ0n) is 6.63. The minimum absolute atomic E-state index is 0.164. The monoisotopic (exact) mass is 186 g/mol. The fourth-order valence-corrected chi connectivity index (χ4v) is 1.28. The number of aromatic hydroxyl groups is 1. The fourth-order valence-electron chi connectivity index (χ4n) is 1.01. The number of aliphatic hydroxyl groups excluding tert-OH is 1. The Morgan fingerprint density at radius 2 is 2.08 bits per heavy atom. The molecule has 0 saturated heterocycles. The van der Waals surface area contributed by atoms with Crippen LogP contribution in [0.4, 0.5) is 0 Å². The molecule has 0 unspecified atom stereocenters. The first-order valence-corrected chi connectivity index (χ1v) is 4.20. The summed E-state index contributed by atoms with van der Waals surface area (Å²) in [5, 5.41) is 18.2. The maximum Gasteiger partial charge on any atom is 0.117 e. The van der Waals surface area contributed by atoms with Gasteiger partial charge in [0.15, 0.2) is 0 Å². The summed E-state index contributed by atoms with van der Waals surface area (Å²) in [6.07, 6.45) is 1.44. The van der Waals surface area contributed by atoms with Gasteiger partial charge >= 0.3 is 0 Å². The van der Waals surface area contributed by atoms with E-state index in [2.05, 4.69) is 0 Å². The molecule has 0 aliphatic heterocycles. The van der Waals surface area contributed by atoms with Gasteiger partial charge in [0.25, 0.3) is 0 Å². The highest BCUT2D eigenvalue weighted by Gasteiger charge is 2.00. The molecule has 1 rings (SSSR count). The van der Waals surface area contributed by atoms with E-state index in [1.807, 2.05) is 0 Å². The Balaban J connectivity index is 2.72. The van der Waals surface area contributed by atoms with Crippen molar-refractivity contribution in [2.75, 3.05) is 6.61 Å². The van der Waals surface area contributed by atoms with E-state index in [9.17, 15) is 0 Å². The van der Waals surface area contributed by atoms with Crippen molar-refractivity contribution < 1.29 is 10.2 Å². The third-order valence-corrected chi connectivity index (χ3v) is 1.99. The number of aliphatic hydroxyl groups is 1. The first-order valence-electron chi connectivity index (χ1n) is 3.82. The average Bonchev–Trinajstić information content (AvgIpc) is 2.03. The second-order valence-electron chi connectivity index (χ2n) is 2.60. The van der Waals surface area contributed by atoms with Gasteiger partial charge in [-0.1, -0.05) is 17.7 Å². The molecule has 0 heterocycles. The van der Waals surface area contributed by atoms with Crippen LogP contribution < -0.4 is 0 Å². The summed E-state index contributed by atoms with van der Waals surface area (Å²) in [6.45, 7) is 0.164. The number of aryl methyl sites for hydroxylation is 1. The van der Waals surface area contributed by atoms with Gasteiger partial charge < -0.3 is 10.2 Å². The molecule has 3 heteroatoms. The average molecular weight is 187 g/mol. The molecule has 66 valence electrons. The highest BCUT2D eigenvalue weighted by Crippen LogP contribution is 2.22. The molecular formula is C9H11ClO2. The third kappa shape index (κ3) is 2.40. The molecule has 0 aliphatic rings. The predicted octanol–water partition coefficient (Wildman–Crippen LogP) is 1.97. The van der Waals surface area contributed by atoms with E-state index in [1.54, 1.807) is 12.1 Å². The van der Waals surface area contributed by atoms with Crippen molar-refractivity contribution in [1.29, 1.82) is 0 Å². The van der Waals surface area contributed by atoms with Gasteiger partial charge in [0.1, 0.15) is 5.75 Å². The Kier molecular flexibility index (Phi) is 3.38. The van der Waals surface area contributed by atoms with Crippen molar-refractivity contribution in [2.45, 2.75) is 12.8 Å². The molecule has 0 spiro atoms. The Morgan fingerprint density at radius 1 is 1.33 bits per heavy atom. The molecular weight excluding hydrogens is 176 g/mol. The third-order valence-electron chi connectivity index (χ3n) is 1.64. The van der Waals surface area contributed by atoms with Crippen LogP contribution in [0.2, 0.25) is 5.02 Å². The summed E-state index contributed by atoms with van der Waals surface area (Å²) in [5.74, 6) is 0.174. The summed E-state index contributed by atoms with van der Waals surface area (Å²) >= 11 is 5.82. The normalized spacial score (nSPS) is 10.2. The SMILES string of the molecule is OCCCc1ccc(O)cc1Cl. The Hall–Kier alpha value is -0.730. The lowest BCUT2D eigenvalue weighted by Crippen LogP contribution is -1.89. The van der Waals surface area contributed by atoms with Crippen LogP contribution >= 0.6 is 11.6 Å². The van der Waals surface area contributed by atoms with Gasteiger partial charge in [0.05, 0.1) is 0 Å². The van der Waals surface area contributed by atoms with Crippen LogP contribution in [-0.4, -0.2) is 16.8 Å². The standard InChI is InChI=1S/C9H11ClO2/c10-9-6-8(12)4-3-7(9)2-1-5-11/h3-4,6,11-12H,1-2,5H2. The van der Waals surface area contributed by atoms with Crippen LogP contribution in [0.25, 0.3) is 0 Å². The number of phenolic OH excluding ortho intramolecular Hbond substituents is 1. The molecule has 0 atom stereocenters. The zero-order valence-corrected chi connectivity index (χ0v) is 7.38. The predicted molar refractivity (Wildman–Crippen MR) is 48.5 cm³/mol. The lowest BCUT2D eigenvalue weighted by atomic mass is 10.1. The van der Waals surface area contributed by atoms with E-state index >= 15 is 0 Å². The molecule has 2 N–H and O–H groups in total. The summed E-state index contributed by atoms with van der Waals surface area (Å²) in [5.41, 5.74) is 0.962. The van der Waals surface area contributed by atoms with Crippen LogP contribution in [0.15, 0.2) is 18.2 Å². The smallest absolute Gasteiger partial charge is 0.117 e. The molecule has 0 fully saturated rings. The van der Waals surface area contributed by atoms with Crippen molar-refractivity contribution in [3.05, 3.63) is 28.8 Å². The molecule has 0 radical (unpaired) electrons. The van der Waals surface area contributed by atoms with Gasteiger partial charge in [0, 0.05) is 11.6 Å². The van der Waals surface area contributed by atoms with Gasteiger partial charge in [-0.25, -0.2) is 0 Å². The maximum atomic E-state index is 9.03. The minimum atomic E-state index is 0.164. The lowest BCUT2D eigenvalue weighted by Gasteiger charge is -2.02. The molecule has 1 aromatic rings. The van der Waals surface area contributed by atoms with E-state index in [-0.39, 0.29) is 12.4 Å². The van der Waals surface area contributed by atoms with Gasteiger partial charge in [-0.3, -0.25) is 0 Å². The van der Waals surface area contributed by atoms with Crippen molar-refractivity contribution >= 4 is 11.6 Å². The van der Waals surface area contributed by atoms with Crippen LogP contribution in [0, 0.1) is 0 Å². The van der Waals surface area contributed by atoms with E-state index in [1.165, 1.54) is 6.07 Å². The Morgan fingerprint density at radius 3 is 2.67 bits per heavy atom. The van der Waals surface area contributed by atoms with Gasteiger partial charge in [-0.15, -0.1) is 0 Å². The summed E-state index contributed by atoms with van der Waals surface area (Å²) in [7, 11) is 0. The molecule has 0 saturated carbocycles. The fraction of sp³-hybridized carbons (Fsp3) is 0.333. The minimum Gasteiger partial charge on any atom is -0.508 e. The Labute approximate surface area is 76.4 Å². The van der Waals surface area contributed by atoms with Crippen LogP contribution in [0.1, 0.15) is 12.0 Å². The zero-order chi connectivity index (χ0) is 8.97. The molecule has 2 nitrogen and oxygen atoms in total. The van der Waals surface area contributed by atoms with Crippen LogP contribution in [0.5, 0.6) is 5.75 Å². The van der Waals surface area contributed by atoms with Gasteiger partial charge in [-0.05, 0) is 30.5 Å². The lowest BCUT2D eigenvalue weighted by molar-refractivity contribution is 0.288. The summed E-state index contributed by atoms with van der Waals surface area (Å²) in [6, 6.07) is 4.88. The quantitative estimate of drug-likeness (QED) is 0.758. The molecule has 0 bridgehead atoms. The van der Waals surface area contributed by atoms with E-state index in [4.69, 9.17) is 21.8 Å². The van der Waals surface area contributed by atoms with Crippen molar-refractivity contribution in [3.8, 4) is 5.75 Å². The number of hydrogen-bond acceptors (Lipinski definition) is 2. The maximum absolute atomic E-state index is 9.03.